The van der Waals surface area contributed by atoms with Gasteiger partial charge in [0.05, 0.1) is 23.7 Å². The number of rotatable bonds is 10. The van der Waals surface area contributed by atoms with Crippen molar-refractivity contribution < 1.29 is 23.4 Å². The van der Waals surface area contributed by atoms with E-state index in [-0.39, 0.29) is 24.3 Å². The van der Waals surface area contributed by atoms with E-state index in [0.717, 1.165) is 17.2 Å². The van der Waals surface area contributed by atoms with Crippen LogP contribution in [0.3, 0.4) is 0 Å². The van der Waals surface area contributed by atoms with Crippen LogP contribution >= 0.6 is 11.6 Å². The molecule has 0 saturated carbocycles. The molecule has 1 N–H and O–H groups in total. The number of likely N-dealkylation sites (tertiary alicyclic amines) is 1. The van der Waals surface area contributed by atoms with Crippen LogP contribution in [-0.2, 0) is 26.4 Å². The van der Waals surface area contributed by atoms with E-state index in [1.807, 2.05) is 33.8 Å². The minimum Gasteiger partial charge on any atom is -0.444 e. The highest BCUT2D eigenvalue weighted by molar-refractivity contribution is 6.76. The molecule has 4 rings (SSSR count). The number of imidazole rings is 1. The van der Waals surface area contributed by atoms with Gasteiger partial charge < -0.3 is 24.1 Å². The van der Waals surface area contributed by atoms with E-state index in [0.29, 0.717) is 55.2 Å². The minimum absolute atomic E-state index is 0.130. The number of nitrogens with one attached hydrogen (secondary N) is 1. The molecule has 1 atom stereocenters. The number of benzene rings is 2. The van der Waals surface area contributed by atoms with Crippen LogP contribution in [0, 0.1) is 5.82 Å². The van der Waals surface area contributed by atoms with Crippen LogP contribution in [0.1, 0.15) is 57.8 Å². The second kappa shape index (κ2) is 13.1. The Bertz CT molecular complexity index is 1470. The Labute approximate surface area is 259 Å². The lowest BCUT2D eigenvalue weighted by molar-refractivity contribution is -0.00945. The number of piperidine rings is 1. The number of carbonyl (C=O) groups is 1. The number of H-pyrrole nitrogens is 1. The molecule has 0 bridgehead atoms. The summed E-state index contributed by atoms with van der Waals surface area (Å²) in [5.74, 6) is -0.307. The van der Waals surface area contributed by atoms with Crippen molar-refractivity contribution in [2.45, 2.75) is 90.1 Å². The Kier molecular flexibility index (Phi) is 10.2. The van der Waals surface area contributed by atoms with Gasteiger partial charge in [0, 0.05) is 43.8 Å². The molecule has 11 heteroatoms. The number of aromatic amines is 1. The van der Waals surface area contributed by atoms with Gasteiger partial charge in [0.2, 0.25) is 0 Å². The highest BCUT2D eigenvalue weighted by Crippen LogP contribution is 2.39. The quantitative estimate of drug-likeness (QED) is 0.185. The molecular formula is C32H45ClFN3O5Si. The largest absolute Gasteiger partial charge is 0.444 e. The van der Waals surface area contributed by atoms with Gasteiger partial charge >= 0.3 is 11.8 Å². The van der Waals surface area contributed by atoms with Gasteiger partial charge in [0.25, 0.3) is 0 Å². The summed E-state index contributed by atoms with van der Waals surface area (Å²) in [5.41, 5.74) is 1.75. The molecular weight excluding hydrogens is 589 g/mol. The molecule has 43 heavy (non-hydrogen) atoms. The maximum Gasteiger partial charge on any atom is 0.410 e. The first-order valence-electron chi connectivity index (χ1n) is 14.9. The number of ether oxygens (including phenoxy) is 3. The Morgan fingerprint density at radius 3 is 2.40 bits per heavy atom. The number of halogens is 2. The lowest BCUT2D eigenvalue weighted by Gasteiger charge is -2.42. The van der Waals surface area contributed by atoms with Crippen molar-refractivity contribution in [1.29, 1.82) is 0 Å². The monoisotopic (exact) mass is 633 g/mol. The second-order valence-corrected chi connectivity index (χ2v) is 19.9. The Morgan fingerprint density at radius 1 is 1.14 bits per heavy atom. The minimum atomic E-state index is -1.28. The summed E-state index contributed by atoms with van der Waals surface area (Å²) in [4.78, 5) is 30.3. The molecule has 1 aromatic heterocycles. The Morgan fingerprint density at radius 2 is 1.79 bits per heavy atom. The second-order valence-electron chi connectivity index (χ2n) is 13.8. The molecule has 1 fully saturated rings. The number of carbonyl (C=O) groups excluding carboxylic acids is 1. The van der Waals surface area contributed by atoms with Gasteiger partial charge in [-0.05, 0) is 76.4 Å². The number of nitrogens with zero attached hydrogens (tertiary/aromatic N) is 2. The van der Waals surface area contributed by atoms with Crippen LogP contribution in [0.2, 0.25) is 30.7 Å². The molecule has 2 heterocycles. The zero-order valence-electron chi connectivity index (χ0n) is 26.4. The van der Waals surface area contributed by atoms with E-state index >= 15 is 0 Å². The number of fused-ring (bicyclic) bond motifs is 1. The van der Waals surface area contributed by atoms with E-state index in [4.69, 9.17) is 25.8 Å². The van der Waals surface area contributed by atoms with Gasteiger partial charge in [0.1, 0.15) is 18.1 Å². The molecule has 3 aromatic rings. The molecule has 8 nitrogen and oxygen atoms in total. The molecule has 0 aliphatic carbocycles. The first-order chi connectivity index (χ1) is 20.1. The molecule has 1 amide bonds. The smallest absolute Gasteiger partial charge is 0.410 e. The highest BCUT2D eigenvalue weighted by Gasteiger charge is 2.39. The normalized spacial score (nSPS) is 16.4. The summed E-state index contributed by atoms with van der Waals surface area (Å²) in [5, 5.41) is 0.491. The van der Waals surface area contributed by atoms with Crippen molar-refractivity contribution in [1.82, 2.24) is 14.5 Å². The van der Waals surface area contributed by atoms with Gasteiger partial charge in [0.15, 0.2) is 0 Å². The van der Waals surface area contributed by atoms with Gasteiger partial charge in [-0.15, -0.1) is 0 Å². The van der Waals surface area contributed by atoms with Crippen molar-refractivity contribution in [3.05, 3.63) is 68.8 Å². The highest BCUT2D eigenvalue weighted by atomic mass is 35.5. The number of aromatic nitrogens is 2. The van der Waals surface area contributed by atoms with Gasteiger partial charge in [-0.3, -0.25) is 4.57 Å². The van der Waals surface area contributed by atoms with Crippen molar-refractivity contribution in [2.75, 3.05) is 26.3 Å². The fraction of sp³-hybridized carbons (Fsp3) is 0.562. The predicted octanol–water partition coefficient (Wildman–Crippen LogP) is 7.48. The van der Waals surface area contributed by atoms with Crippen molar-refractivity contribution in [3.8, 4) is 0 Å². The molecule has 0 radical (unpaired) electrons. The van der Waals surface area contributed by atoms with E-state index in [2.05, 4.69) is 24.6 Å². The maximum absolute atomic E-state index is 13.9. The van der Waals surface area contributed by atoms with E-state index in [1.54, 1.807) is 27.7 Å². The third-order valence-corrected chi connectivity index (χ3v) is 9.88. The standard InChI is InChI=1S/C32H45ClFN3O5Si/c1-22(26-18-24(33)19-27-28(26)37(29(38)35-27)21-40-16-17-43(5,6)7)41-20-32(23-8-10-25(34)11-9-23)12-14-36(15-13-32)30(39)42-31(2,3)4/h8-11,18-19,22H,12-17,20-21H2,1-7H3,(H,35,38). The van der Waals surface area contributed by atoms with Crippen molar-refractivity contribution >= 4 is 36.8 Å². The molecule has 1 saturated heterocycles. The van der Waals surface area contributed by atoms with E-state index in [9.17, 15) is 14.0 Å². The maximum atomic E-state index is 13.9. The lowest BCUT2D eigenvalue weighted by atomic mass is 9.73. The molecule has 0 spiro atoms. The Hall–Kier alpha value is -2.66. The average Bonchev–Trinajstić information content (AvgIpc) is 3.22. The SMILES string of the molecule is CC(OCC1(c2ccc(F)cc2)CCN(C(=O)OC(C)(C)C)CC1)c1cc(Cl)cc2[nH]c(=O)n(COCC[Si](C)(C)C)c12. The fourth-order valence-corrected chi connectivity index (χ4v) is 6.39. The zero-order valence-corrected chi connectivity index (χ0v) is 28.1. The molecule has 2 aromatic carbocycles. The van der Waals surface area contributed by atoms with Crippen LogP contribution in [0.25, 0.3) is 11.0 Å². The van der Waals surface area contributed by atoms with E-state index < -0.39 is 25.2 Å². The van der Waals surface area contributed by atoms with Crippen molar-refractivity contribution in [3.63, 3.8) is 0 Å². The molecule has 1 aliphatic rings. The van der Waals surface area contributed by atoms with Crippen LogP contribution in [0.4, 0.5) is 9.18 Å². The summed E-state index contributed by atoms with van der Waals surface area (Å²) in [6.45, 7) is 16.4. The summed E-state index contributed by atoms with van der Waals surface area (Å²) >= 11 is 6.49. The zero-order chi connectivity index (χ0) is 31.6. The van der Waals surface area contributed by atoms with E-state index in [1.165, 1.54) is 12.1 Å². The van der Waals surface area contributed by atoms with Crippen LogP contribution in [0.5, 0.6) is 0 Å². The first-order valence-corrected chi connectivity index (χ1v) is 19.0. The molecule has 236 valence electrons. The van der Waals surface area contributed by atoms with Crippen molar-refractivity contribution in [2.24, 2.45) is 0 Å². The molecule has 1 unspecified atom stereocenters. The summed E-state index contributed by atoms with van der Waals surface area (Å²) in [6, 6.07) is 11.1. The predicted molar refractivity (Wildman–Crippen MR) is 171 cm³/mol. The van der Waals surface area contributed by atoms with Crippen LogP contribution in [-0.4, -0.2) is 60.5 Å². The lowest BCUT2D eigenvalue weighted by Crippen LogP contribution is -2.48. The number of amides is 1. The number of hydrogen-bond donors (Lipinski definition) is 1. The van der Waals surface area contributed by atoms with Gasteiger partial charge in [-0.25, -0.2) is 14.0 Å². The Balaban J connectivity index is 1.56. The summed E-state index contributed by atoms with van der Waals surface area (Å²) in [6.07, 6.45) is 0.476. The van der Waals surface area contributed by atoms with Crippen LogP contribution in [0.15, 0.2) is 41.2 Å². The van der Waals surface area contributed by atoms with Crippen LogP contribution < -0.4 is 5.69 Å². The third-order valence-electron chi connectivity index (χ3n) is 7.95. The number of hydrogen-bond acceptors (Lipinski definition) is 5. The third kappa shape index (κ3) is 8.50. The summed E-state index contributed by atoms with van der Waals surface area (Å²) in [7, 11) is -1.28. The van der Waals surface area contributed by atoms with Gasteiger partial charge in [-0.2, -0.15) is 0 Å². The van der Waals surface area contributed by atoms with Gasteiger partial charge in [-0.1, -0.05) is 43.4 Å². The first kappa shape index (κ1) is 33.2. The summed E-state index contributed by atoms with van der Waals surface area (Å²) < 4.78 is 33.6. The average molecular weight is 634 g/mol. The molecule has 1 aliphatic heterocycles. The topological polar surface area (TPSA) is 85.8 Å². The fourth-order valence-electron chi connectivity index (χ4n) is 5.41.